The largest absolute Gasteiger partial charge is 0.484 e. The van der Waals surface area contributed by atoms with Crippen LogP contribution in [0.25, 0.3) is 0 Å². The number of piperazine rings is 1. The summed E-state index contributed by atoms with van der Waals surface area (Å²) in [6.45, 7) is 8.51. The zero-order valence-electron chi connectivity index (χ0n) is 16.3. The van der Waals surface area contributed by atoms with Crippen molar-refractivity contribution in [2.75, 3.05) is 19.7 Å². The van der Waals surface area contributed by atoms with Crippen LogP contribution in [0.3, 0.4) is 0 Å². The number of fused-ring (bicyclic) bond motifs is 2. The number of hydrogen-bond donors (Lipinski definition) is 0. The van der Waals surface area contributed by atoms with Crippen LogP contribution in [0.5, 0.6) is 5.75 Å². The second-order valence-corrected chi connectivity index (χ2v) is 8.68. The van der Waals surface area contributed by atoms with Crippen molar-refractivity contribution in [3.05, 3.63) is 28.8 Å². The highest BCUT2D eigenvalue weighted by Gasteiger charge is 2.45. The molecule has 2 unspecified atom stereocenters. The Balaban J connectivity index is 1.56. The van der Waals surface area contributed by atoms with E-state index in [1.807, 2.05) is 38.7 Å². The van der Waals surface area contributed by atoms with Gasteiger partial charge in [0.25, 0.3) is 5.91 Å². The number of carbonyl (C=O) groups excluding carboxylic acids is 2. The number of rotatable bonds is 3. The van der Waals surface area contributed by atoms with Crippen LogP contribution in [0, 0.1) is 6.92 Å². The number of nitrogens with zero attached hydrogens (tertiary/aromatic N) is 2. The van der Waals surface area contributed by atoms with Gasteiger partial charge >= 0.3 is 6.09 Å². The average Bonchev–Trinajstić information content (AvgIpc) is 2.84. The number of likely N-dealkylation sites (tertiary alicyclic amines) is 1. The number of amides is 2. The topological polar surface area (TPSA) is 59.1 Å². The standard InChI is InChI=1S/C20H27ClN2O4/c1-13-9-16(7-8-17(13)21)26-12-18(24)22-10-14-5-6-15(11-22)23(14)19(25)27-20(2,3)4/h7-9,14-15H,5-6,10-12H2,1-4H3. The molecule has 2 saturated heterocycles. The van der Waals surface area contributed by atoms with Crippen molar-refractivity contribution in [1.29, 1.82) is 0 Å². The molecule has 1 aromatic rings. The molecule has 27 heavy (non-hydrogen) atoms. The maximum atomic E-state index is 12.6. The molecule has 2 atom stereocenters. The molecule has 1 aromatic carbocycles. The number of ether oxygens (including phenoxy) is 2. The fourth-order valence-corrected chi connectivity index (χ4v) is 3.78. The summed E-state index contributed by atoms with van der Waals surface area (Å²) in [7, 11) is 0. The van der Waals surface area contributed by atoms with Crippen molar-refractivity contribution in [1.82, 2.24) is 9.80 Å². The Kier molecular flexibility index (Phi) is 5.56. The van der Waals surface area contributed by atoms with Gasteiger partial charge in [0.05, 0.1) is 12.1 Å². The minimum absolute atomic E-state index is 0.0142. The molecule has 2 amide bonds. The third-order valence-electron chi connectivity index (χ3n) is 4.93. The van der Waals surface area contributed by atoms with E-state index in [9.17, 15) is 9.59 Å². The second-order valence-electron chi connectivity index (χ2n) is 8.27. The van der Waals surface area contributed by atoms with Crippen molar-refractivity contribution in [3.8, 4) is 5.75 Å². The van der Waals surface area contributed by atoms with Crippen molar-refractivity contribution < 1.29 is 19.1 Å². The molecule has 2 heterocycles. The first kappa shape index (κ1) is 19.8. The SMILES string of the molecule is Cc1cc(OCC(=O)N2CC3CCC(C2)N3C(=O)OC(C)(C)C)ccc1Cl. The van der Waals surface area contributed by atoms with Gasteiger partial charge in [-0.05, 0) is 64.3 Å². The first-order valence-electron chi connectivity index (χ1n) is 9.32. The molecule has 2 aliphatic heterocycles. The fraction of sp³-hybridized carbons (Fsp3) is 0.600. The average molecular weight is 395 g/mol. The van der Waals surface area contributed by atoms with Gasteiger partial charge in [-0.1, -0.05) is 11.6 Å². The molecule has 2 bridgehead atoms. The predicted molar refractivity (Wildman–Crippen MR) is 103 cm³/mol. The fourth-order valence-electron chi connectivity index (χ4n) is 3.66. The zero-order valence-corrected chi connectivity index (χ0v) is 17.1. The van der Waals surface area contributed by atoms with E-state index in [4.69, 9.17) is 21.1 Å². The Labute approximate surface area is 165 Å². The second kappa shape index (κ2) is 7.58. The highest BCUT2D eigenvalue weighted by molar-refractivity contribution is 6.31. The van der Waals surface area contributed by atoms with E-state index in [-0.39, 0.29) is 30.7 Å². The summed E-state index contributed by atoms with van der Waals surface area (Å²) in [5.74, 6) is 0.559. The normalized spacial score (nSPS) is 22.0. The van der Waals surface area contributed by atoms with Gasteiger partial charge in [0, 0.05) is 18.1 Å². The maximum absolute atomic E-state index is 12.6. The summed E-state index contributed by atoms with van der Waals surface area (Å²) in [6, 6.07) is 5.36. The number of halogens is 1. The molecular weight excluding hydrogens is 368 g/mol. The molecule has 2 aliphatic rings. The summed E-state index contributed by atoms with van der Waals surface area (Å²) in [5.41, 5.74) is 0.388. The first-order valence-corrected chi connectivity index (χ1v) is 9.70. The van der Waals surface area contributed by atoms with Gasteiger partial charge in [0.2, 0.25) is 0 Å². The van der Waals surface area contributed by atoms with Crippen LogP contribution in [-0.2, 0) is 9.53 Å². The Morgan fingerprint density at radius 1 is 1.19 bits per heavy atom. The van der Waals surface area contributed by atoms with Crippen molar-refractivity contribution in [3.63, 3.8) is 0 Å². The highest BCUT2D eigenvalue weighted by atomic mass is 35.5. The van der Waals surface area contributed by atoms with Crippen LogP contribution in [0.2, 0.25) is 5.02 Å². The molecule has 3 rings (SSSR count). The lowest BCUT2D eigenvalue weighted by Crippen LogP contribution is -2.58. The lowest BCUT2D eigenvalue weighted by atomic mass is 10.2. The monoisotopic (exact) mass is 394 g/mol. The molecule has 0 N–H and O–H groups in total. The van der Waals surface area contributed by atoms with Crippen LogP contribution in [0.15, 0.2) is 18.2 Å². The minimum Gasteiger partial charge on any atom is -0.484 e. The van der Waals surface area contributed by atoms with E-state index in [0.29, 0.717) is 23.9 Å². The molecule has 2 fully saturated rings. The number of hydrogen-bond acceptors (Lipinski definition) is 4. The van der Waals surface area contributed by atoms with Crippen LogP contribution in [-0.4, -0.2) is 59.2 Å². The third kappa shape index (κ3) is 4.67. The Morgan fingerprint density at radius 3 is 2.37 bits per heavy atom. The Bertz CT molecular complexity index is 717. The highest BCUT2D eigenvalue weighted by Crippen LogP contribution is 2.32. The molecule has 148 valence electrons. The van der Waals surface area contributed by atoms with Gasteiger partial charge < -0.3 is 14.4 Å². The Morgan fingerprint density at radius 2 is 1.81 bits per heavy atom. The first-order chi connectivity index (χ1) is 12.6. The lowest BCUT2D eigenvalue weighted by molar-refractivity contribution is -0.136. The smallest absolute Gasteiger partial charge is 0.410 e. The molecule has 0 saturated carbocycles. The summed E-state index contributed by atoms with van der Waals surface area (Å²) in [4.78, 5) is 28.7. The molecule has 6 nitrogen and oxygen atoms in total. The van der Waals surface area contributed by atoms with Gasteiger partial charge in [0.1, 0.15) is 11.4 Å². The van der Waals surface area contributed by atoms with Gasteiger partial charge in [-0.3, -0.25) is 9.69 Å². The van der Waals surface area contributed by atoms with E-state index in [0.717, 1.165) is 18.4 Å². The van der Waals surface area contributed by atoms with Crippen molar-refractivity contribution in [2.24, 2.45) is 0 Å². The summed E-state index contributed by atoms with van der Waals surface area (Å²) >= 11 is 6.01. The van der Waals surface area contributed by atoms with E-state index < -0.39 is 5.60 Å². The van der Waals surface area contributed by atoms with Crippen molar-refractivity contribution in [2.45, 2.75) is 58.2 Å². The molecule has 0 aliphatic carbocycles. The quantitative estimate of drug-likeness (QED) is 0.785. The third-order valence-corrected chi connectivity index (χ3v) is 5.35. The molecule has 7 heteroatoms. The van der Waals surface area contributed by atoms with Crippen molar-refractivity contribution >= 4 is 23.6 Å². The van der Waals surface area contributed by atoms with Crippen LogP contribution in [0.1, 0.15) is 39.2 Å². The van der Waals surface area contributed by atoms with Gasteiger partial charge in [0.15, 0.2) is 6.61 Å². The molecule has 0 aromatic heterocycles. The van der Waals surface area contributed by atoms with Crippen LogP contribution >= 0.6 is 11.6 Å². The molecular formula is C20H27ClN2O4. The number of benzene rings is 1. The Hall–Kier alpha value is -1.95. The summed E-state index contributed by atoms with van der Waals surface area (Å²) < 4.78 is 11.2. The van der Waals surface area contributed by atoms with E-state index >= 15 is 0 Å². The predicted octanol–water partition coefficient (Wildman–Crippen LogP) is 3.64. The lowest BCUT2D eigenvalue weighted by Gasteiger charge is -2.41. The zero-order chi connectivity index (χ0) is 19.8. The minimum atomic E-state index is -0.520. The van der Waals surface area contributed by atoms with Crippen LogP contribution in [0.4, 0.5) is 4.79 Å². The van der Waals surface area contributed by atoms with Crippen LogP contribution < -0.4 is 4.74 Å². The summed E-state index contributed by atoms with van der Waals surface area (Å²) in [6.07, 6.45) is 1.51. The van der Waals surface area contributed by atoms with Gasteiger partial charge in [-0.2, -0.15) is 0 Å². The maximum Gasteiger partial charge on any atom is 0.410 e. The van der Waals surface area contributed by atoms with E-state index in [1.54, 1.807) is 17.0 Å². The number of aryl methyl sites for hydroxylation is 1. The van der Waals surface area contributed by atoms with Gasteiger partial charge in [-0.15, -0.1) is 0 Å². The summed E-state index contributed by atoms with van der Waals surface area (Å²) in [5, 5.41) is 0.670. The molecule has 0 spiro atoms. The number of carbonyl (C=O) groups is 2. The van der Waals surface area contributed by atoms with E-state index in [1.165, 1.54) is 0 Å². The van der Waals surface area contributed by atoms with Gasteiger partial charge in [-0.25, -0.2) is 4.79 Å². The van der Waals surface area contributed by atoms with E-state index in [2.05, 4.69) is 0 Å². The molecule has 0 radical (unpaired) electrons.